The van der Waals surface area contributed by atoms with E-state index in [4.69, 9.17) is 0 Å². The van der Waals surface area contributed by atoms with Gasteiger partial charge < -0.3 is 14.9 Å². The minimum absolute atomic E-state index is 0.169. The van der Waals surface area contributed by atoms with Crippen molar-refractivity contribution in [3.63, 3.8) is 0 Å². The molecule has 0 aromatic heterocycles. The molecule has 1 spiro atoms. The molecule has 1 amide bonds. The van der Waals surface area contributed by atoms with Gasteiger partial charge in [-0.05, 0) is 36.0 Å². The molecule has 1 atom stereocenters. The van der Waals surface area contributed by atoms with E-state index < -0.39 is 6.10 Å². The predicted molar refractivity (Wildman–Crippen MR) is 106 cm³/mol. The first kappa shape index (κ1) is 18.2. The number of carbonyl (C=O) groups is 1. The number of benzene rings is 2. The van der Waals surface area contributed by atoms with E-state index >= 15 is 0 Å². The van der Waals surface area contributed by atoms with Crippen LogP contribution in [-0.4, -0.2) is 47.0 Å². The first-order chi connectivity index (χ1) is 13.1. The van der Waals surface area contributed by atoms with E-state index in [0.29, 0.717) is 6.54 Å². The Hall–Kier alpha value is -2.17. The zero-order valence-electron chi connectivity index (χ0n) is 16.0. The number of amides is 1. The van der Waals surface area contributed by atoms with Gasteiger partial charge in [-0.15, -0.1) is 0 Å². The molecular formula is C23H28N2O2. The smallest absolute Gasteiger partial charge is 0.220 e. The van der Waals surface area contributed by atoms with Crippen LogP contribution in [0, 0.1) is 0 Å². The number of likely N-dealkylation sites (tertiary alicyclic amines) is 1. The number of β-amino-alcohol motifs (C(OH)–C–C–N with tert-alkyl or cyclic N) is 1. The van der Waals surface area contributed by atoms with Crippen LogP contribution in [0.2, 0.25) is 0 Å². The van der Waals surface area contributed by atoms with Crippen molar-refractivity contribution in [1.82, 2.24) is 9.80 Å². The molecule has 0 aliphatic carbocycles. The molecule has 4 rings (SSSR count). The van der Waals surface area contributed by atoms with Crippen molar-refractivity contribution in [3.8, 4) is 0 Å². The van der Waals surface area contributed by atoms with Gasteiger partial charge in [0.25, 0.3) is 0 Å². The zero-order chi connectivity index (χ0) is 18.9. The lowest BCUT2D eigenvalue weighted by molar-refractivity contribution is -0.139. The van der Waals surface area contributed by atoms with Gasteiger partial charge >= 0.3 is 0 Å². The summed E-state index contributed by atoms with van der Waals surface area (Å²) in [7, 11) is 0. The largest absolute Gasteiger partial charge is 0.387 e. The van der Waals surface area contributed by atoms with Gasteiger partial charge in [0, 0.05) is 33.1 Å². The van der Waals surface area contributed by atoms with Crippen LogP contribution in [0.4, 0.5) is 0 Å². The van der Waals surface area contributed by atoms with Crippen molar-refractivity contribution in [2.24, 2.45) is 0 Å². The number of aliphatic hydroxyl groups is 1. The molecule has 0 bridgehead atoms. The number of fused-ring (bicyclic) bond motifs is 2. The van der Waals surface area contributed by atoms with Crippen molar-refractivity contribution >= 4 is 5.91 Å². The van der Waals surface area contributed by atoms with Crippen molar-refractivity contribution in [3.05, 3.63) is 71.3 Å². The number of rotatable bonds is 3. The Kier molecular flexibility index (Phi) is 5.02. The number of hydrogen-bond donors (Lipinski definition) is 1. The number of aliphatic hydroxyl groups excluding tert-OH is 1. The summed E-state index contributed by atoms with van der Waals surface area (Å²) in [4.78, 5) is 16.8. The van der Waals surface area contributed by atoms with Gasteiger partial charge in [-0.25, -0.2) is 0 Å². The second-order valence-corrected chi connectivity index (χ2v) is 7.84. The van der Waals surface area contributed by atoms with Crippen LogP contribution < -0.4 is 0 Å². The standard InChI is InChI=1S/C23H28N2O2/c1-18(26)25-14-11-19-7-5-6-10-21(19)23(25)12-15-24(16-13-23)17-22(27)20-8-3-2-4-9-20/h2-10,22,27H,11-17H2,1H3. The van der Waals surface area contributed by atoms with E-state index in [-0.39, 0.29) is 11.4 Å². The van der Waals surface area contributed by atoms with E-state index in [0.717, 1.165) is 44.5 Å². The number of carbonyl (C=O) groups excluding carboxylic acids is 1. The Labute approximate surface area is 161 Å². The van der Waals surface area contributed by atoms with E-state index in [1.165, 1.54) is 11.1 Å². The molecule has 0 radical (unpaired) electrons. The SMILES string of the molecule is CC(=O)N1CCc2ccccc2C12CCN(CC(O)c1ccccc1)CC2. The van der Waals surface area contributed by atoms with Gasteiger partial charge in [-0.1, -0.05) is 54.6 Å². The lowest BCUT2D eigenvalue weighted by Crippen LogP contribution is -2.57. The second kappa shape index (κ2) is 7.45. The molecule has 2 aliphatic rings. The average molecular weight is 364 g/mol. The van der Waals surface area contributed by atoms with E-state index in [1.807, 2.05) is 30.3 Å². The molecule has 2 aliphatic heterocycles. The zero-order valence-corrected chi connectivity index (χ0v) is 16.0. The highest BCUT2D eigenvalue weighted by molar-refractivity contribution is 5.75. The molecule has 4 nitrogen and oxygen atoms in total. The Morgan fingerprint density at radius 2 is 1.70 bits per heavy atom. The van der Waals surface area contributed by atoms with Crippen LogP contribution in [-0.2, 0) is 16.8 Å². The van der Waals surface area contributed by atoms with Crippen LogP contribution in [0.1, 0.15) is 42.6 Å². The molecule has 1 fully saturated rings. The summed E-state index contributed by atoms with van der Waals surface area (Å²) in [5, 5.41) is 10.6. The maximum Gasteiger partial charge on any atom is 0.220 e. The Morgan fingerprint density at radius 3 is 2.41 bits per heavy atom. The Bertz CT molecular complexity index is 797. The fourth-order valence-electron chi connectivity index (χ4n) is 4.91. The second-order valence-electron chi connectivity index (χ2n) is 7.84. The highest BCUT2D eigenvalue weighted by atomic mass is 16.3. The maximum absolute atomic E-state index is 12.4. The Morgan fingerprint density at radius 1 is 1.04 bits per heavy atom. The third kappa shape index (κ3) is 3.40. The van der Waals surface area contributed by atoms with Crippen LogP contribution in [0.5, 0.6) is 0 Å². The molecule has 27 heavy (non-hydrogen) atoms. The van der Waals surface area contributed by atoms with Crippen LogP contribution in [0.15, 0.2) is 54.6 Å². The fraction of sp³-hybridized carbons (Fsp3) is 0.435. The lowest BCUT2D eigenvalue weighted by Gasteiger charge is -2.52. The summed E-state index contributed by atoms with van der Waals surface area (Å²) in [6.07, 6.45) is 2.31. The Balaban J connectivity index is 1.52. The minimum Gasteiger partial charge on any atom is -0.387 e. The summed E-state index contributed by atoms with van der Waals surface area (Å²) >= 11 is 0. The van der Waals surface area contributed by atoms with Gasteiger partial charge in [0.2, 0.25) is 5.91 Å². The molecule has 1 saturated heterocycles. The normalized spacial score (nSPS) is 20.3. The summed E-state index contributed by atoms with van der Waals surface area (Å²) in [6.45, 7) is 4.92. The third-order valence-electron chi connectivity index (χ3n) is 6.32. The summed E-state index contributed by atoms with van der Waals surface area (Å²) in [6, 6.07) is 18.5. The first-order valence-electron chi connectivity index (χ1n) is 9.92. The number of nitrogens with zero attached hydrogens (tertiary/aromatic N) is 2. The molecule has 2 aromatic rings. The van der Waals surface area contributed by atoms with Crippen molar-refractivity contribution in [2.45, 2.75) is 37.8 Å². The molecule has 1 N–H and O–H groups in total. The van der Waals surface area contributed by atoms with Crippen molar-refractivity contribution in [2.75, 3.05) is 26.2 Å². The highest BCUT2D eigenvalue weighted by Crippen LogP contribution is 2.43. The highest BCUT2D eigenvalue weighted by Gasteiger charge is 2.45. The van der Waals surface area contributed by atoms with E-state index in [1.54, 1.807) is 6.92 Å². The van der Waals surface area contributed by atoms with Gasteiger partial charge in [0.05, 0.1) is 11.6 Å². The van der Waals surface area contributed by atoms with Gasteiger partial charge in [-0.3, -0.25) is 4.79 Å². The quantitative estimate of drug-likeness (QED) is 0.910. The van der Waals surface area contributed by atoms with Crippen LogP contribution in [0.3, 0.4) is 0 Å². The fourth-order valence-corrected chi connectivity index (χ4v) is 4.91. The van der Waals surface area contributed by atoms with Gasteiger partial charge in [-0.2, -0.15) is 0 Å². The lowest BCUT2D eigenvalue weighted by atomic mass is 9.74. The number of hydrogen-bond acceptors (Lipinski definition) is 3. The first-order valence-corrected chi connectivity index (χ1v) is 9.92. The van der Waals surface area contributed by atoms with Gasteiger partial charge in [0.15, 0.2) is 0 Å². The van der Waals surface area contributed by atoms with Gasteiger partial charge in [0.1, 0.15) is 0 Å². The summed E-state index contributed by atoms with van der Waals surface area (Å²) in [5.41, 5.74) is 3.49. The molecule has 4 heteroatoms. The van der Waals surface area contributed by atoms with E-state index in [9.17, 15) is 9.90 Å². The molecule has 0 saturated carbocycles. The van der Waals surface area contributed by atoms with Crippen molar-refractivity contribution < 1.29 is 9.90 Å². The third-order valence-corrected chi connectivity index (χ3v) is 6.32. The van der Waals surface area contributed by atoms with Crippen molar-refractivity contribution in [1.29, 1.82) is 0 Å². The number of piperidine rings is 1. The molecular weight excluding hydrogens is 336 g/mol. The van der Waals surface area contributed by atoms with Crippen LogP contribution >= 0.6 is 0 Å². The predicted octanol–water partition coefficient (Wildman–Crippen LogP) is 3.12. The molecule has 2 heterocycles. The molecule has 1 unspecified atom stereocenters. The van der Waals surface area contributed by atoms with Crippen LogP contribution in [0.25, 0.3) is 0 Å². The average Bonchev–Trinajstić information content (AvgIpc) is 2.70. The monoisotopic (exact) mass is 364 g/mol. The topological polar surface area (TPSA) is 43.8 Å². The summed E-state index contributed by atoms with van der Waals surface area (Å²) < 4.78 is 0. The van der Waals surface area contributed by atoms with E-state index in [2.05, 4.69) is 34.1 Å². The minimum atomic E-state index is -0.470. The maximum atomic E-state index is 12.4. The molecule has 2 aromatic carbocycles. The molecule has 142 valence electrons. The summed E-state index contributed by atoms with van der Waals surface area (Å²) in [5.74, 6) is 0.169.